The van der Waals surface area contributed by atoms with Gasteiger partial charge >= 0.3 is 5.97 Å². The third kappa shape index (κ3) is 3.21. The van der Waals surface area contributed by atoms with E-state index in [0.29, 0.717) is 17.9 Å². The molecule has 5 nitrogen and oxygen atoms in total. The van der Waals surface area contributed by atoms with Crippen LogP contribution in [0.2, 0.25) is 0 Å². The van der Waals surface area contributed by atoms with Gasteiger partial charge in [0.1, 0.15) is 5.82 Å². The van der Waals surface area contributed by atoms with Crippen LogP contribution in [0.3, 0.4) is 0 Å². The van der Waals surface area contributed by atoms with Gasteiger partial charge in [0.05, 0.1) is 24.1 Å². The highest BCUT2D eigenvalue weighted by molar-refractivity contribution is 5.95. The van der Waals surface area contributed by atoms with Gasteiger partial charge in [-0.1, -0.05) is 6.42 Å². The average Bonchev–Trinajstić information content (AvgIpc) is 2.39. The van der Waals surface area contributed by atoms with Crippen LogP contribution in [0.5, 0.6) is 0 Å². The zero-order chi connectivity index (χ0) is 14.5. The number of anilines is 2. The van der Waals surface area contributed by atoms with E-state index in [1.54, 1.807) is 19.2 Å². The number of nitrogens with two attached hydrogens (primary N) is 1. The number of ether oxygens (including phenoxy) is 1. The number of aromatic nitrogens is 1. The molecular weight excluding hydrogens is 254 g/mol. The molecule has 0 radical (unpaired) electrons. The molecule has 1 aromatic rings. The lowest BCUT2D eigenvalue weighted by Gasteiger charge is -2.32. The molecule has 2 rings (SSSR count). The molecule has 110 valence electrons. The van der Waals surface area contributed by atoms with E-state index in [9.17, 15) is 4.79 Å². The number of nitrogens with zero attached hydrogens (tertiary/aromatic N) is 2. The lowest BCUT2D eigenvalue weighted by Crippen LogP contribution is -2.33. The Kier molecular flexibility index (Phi) is 4.82. The predicted octanol–water partition coefficient (Wildman–Crippen LogP) is 2.47. The van der Waals surface area contributed by atoms with Gasteiger partial charge in [-0.15, -0.1) is 0 Å². The second-order valence-corrected chi connectivity index (χ2v) is 5.19. The van der Waals surface area contributed by atoms with Gasteiger partial charge in [0.15, 0.2) is 0 Å². The van der Waals surface area contributed by atoms with Crippen molar-refractivity contribution in [1.29, 1.82) is 0 Å². The van der Waals surface area contributed by atoms with Crippen LogP contribution in [-0.2, 0) is 4.74 Å². The SMILES string of the molecule is CCOC(=O)c1cc(N(CC)CC2CCC2)ncc1N. The summed E-state index contributed by atoms with van der Waals surface area (Å²) in [6.45, 7) is 6.09. The Morgan fingerprint density at radius 3 is 2.80 bits per heavy atom. The summed E-state index contributed by atoms with van der Waals surface area (Å²) in [7, 11) is 0. The molecular formula is C15H23N3O2. The quantitative estimate of drug-likeness (QED) is 0.809. The molecule has 1 aliphatic rings. The smallest absolute Gasteiger partial charge is 0.340 e. The summed E-state index contributed by atoms with van der Waals surface area (Å²) in [6.07, 6.45) is 5.45. The lowest BCUT2D eigenvalue weighted by atomic mass is 9.85. The van der Waals surface area contributed by atoms with E-state index in [1.807, 2.05) is 0 Å². The lowest BCUT2D eigenvalue weighted by molar-refractivity contribution is 0.0527. The Morgan fingerprint density at radius 2 is 2.25 bits per heavy atom. The zero-order valence-corrected chi connectivity index (χ0v) is 12.3. The van der Waals surface area contributed by atoms with Gasteiger partial charge < -0.3 is 15.4 Å². The fraction of sp³-hybridized carbons (Fsp3) is 0.600. The van der Waals surface area contributed by atoms with Crippen molar-refractivity contribution in [1.82, 2.24) is 4.98 Å². The van der Waals surface area contributed by atoms with E-state index in [-0.39, 0.29) is 5.97 Å². The molecule has 0 aromatic carbocycles. The number of hydrogen-bond acceptors (Lipinski definition) is 5. The van der Waals surface area contributed by atoms with E-state index < -0.39 is 0 Å². The summed E-state index contributed by atoms with van der Waals surface area (Å²) in [5.41, 5.74) is 6.59. The van der Waals surface area contributed by atoms with Crippen LogP contribution in [0.4, 0.5) is 11.5 Å². The van der Waals surface area contributed by atoms with Gasteiger partial charge in [-0.3, -0.25) is 0 Å². The molecule has 0 atom stereocenters. The maximum Gasteiger partial charge on any atom is 0.340 e. The number of carbonyl (C=O) groups is 1. The van der Waals surface area contributed by atoms with Crippen molar-refractivity contribution in [3.8, 4) is 0 Å². The first-order valence-electron chi connectivity index (χ1n) is 7.33. The van der Waals surface area contributed by atoms with Gasteiger partial charge in [0, 0.05) is 13.1 Å². The highest BCUT2D eigenvalue weighted by atomic mass is 16.5. The van der Waals surface area contributed by atoms with Gasteiger partial charge in [0.25, 0.3) is 0 Å². The Hall–Kier alpha value is -1.78. The van der Waals surface area contributed by atoms with Gasteiger partial charge in [-0.25, -0.2) is 9.78 Å². The largest absolute Gasteiger partial charge is 0.462 e. The van der Waals surface area contributed by atoms with E-state index in [2.05, 4.69) is 16.8 Å². The van der Waals surface area contributed by atoms with E-state index in [1.165, 1.54) is 19.3 Å². The monoisotopic (exact) mass is 277 g/mol. The molecule has 1 fully saturated rings. The van der Waals surface area contributed by atoms with Crippen molar-refractivity contribution < 1.29 is 9.53 Å². The van der Waals surface area contributed by atoms with Crippen molar-refractivity contribution in [2.45, 2.75) is 33.1 Å². The summed E-state index contributed by atoms with van der Waals surface area (Å²) < 4.78 is 5.03. The van der Waals surface area contributed by atoms with Gasteiger partial charge in [-0.05, 0) is 38.7 Å². The zero-order valence-electron chi connectivity index (χ0n) is 12.3. The predicted molar refractivity (Wildman–Crippen MR) is 79.8 cm³/mol. The number of esters is 1. The average molecular weight is 277 g/mol. The van der Waals surface area contributed by atoms with Crippen LogP contribution in [-0.4, -0.2) is 30.6 Å². The molecule has 0 spiro atoms. The number of rotatable bonds is 6. The Labute approximate surface area is 120 Å². The highest BCUT2D eigenvalue weighted by Gasteiger charge is 2.22. The number of carbonyl (C=O) groups excluding carboxylic acids is 1. The minimum atomic E-state index is -0.381. The maximum absolute atomic E-state index is 11.9. The van der Waals surface area contributed by atoms with Crippen molar-refractivity contribution in [3.05, 3.63) is 17.8 Å². The van der Waals surface area contributed by atoms with Crippen LogP contribution in [0.25, 0.3) is 0 Å². The van der Waals surface area contributed by atoms with Crippen LogP contribution < -0.4 is 10.6 Å². The summed E-state index contributed by atoms with van der Waals surface area (Å²) in [6, 6.07) is 1.75. The fourth-order valence-electron chi connectivity index (χ4n) is 2.39. The molecule has 1 saturated carbocycles. The Balaban J connectivity index is 2.17. The van der Waals surface area contributed by atoms with Crippen LogP contribution in [0.1, 0.15) is 43.5 Å². The molecule has 0 saturated heterocycles. The van der Waals surface area contributed by atoms with Crippen LogP contribution >= 0.6 is 0 Å². The van der Waals surface area contributed by atoms with Crippen LogP contribution in [0.15, 0.2) is 12.3 Å². The minimum Gasteiger partial charge on any atom is -0.462 e. The second-order valence-electron chi connectivity index (χ2n) is 5.19. The standard InChI is InChI=1S/C15H23N3O2/c1-3-18(10-11-6-5-7-11)14-8-12(13(16)9-17-14)15(19)20-4-2/h8-9,11H,3-7,10,16H2,1-2H3. The summed E-state index contributed by atoms with van der Waals surface area (Å²) in [5, 5.41) is 0. The van der Waals surface area contributed by atoms with Crippen molar-refractivity contribution in [2.24, 2.45) is 5.92 Å². The van der Waals surface area contributed by atoms with Crippen molar-refractivity contribution in [2.75, 3.05) is 30.3 Å². The Morgan fingerprint density at radius 1 is 1.50 bits per heavy atom. The molecule has 1 heterocycles. The highest BCUT2D eigenvalue weighted by Crippen LogP contribution is 2.29. The molecule has 1 aliphatic carbocycles. The van der Waals surface area contributed by atoms with E-state index in [4.69, 9.17) is 10.5 Å². The van der Waals surface area contributed by atoms with Crippen LogP contribution in [0, 0.1) is 5.92 Å². The summed E-state index contributed by atoms with van der Waals surface area (Å²) >= 11 is 0. The molecule has 0 amide bonds. The first-order chi connectivity index (χ1) is 9.65. The van der Waals surface area contributed by atoms with Gasteiger partial charge in [0.2, 0.25) is 0 Å². The van der Waals surface area contributed by atoms with Gasteiger partial charge in [-0.2, -0.15) is 0 Å². The third-order valence-corrected chi connectivity index (χ3v) is 3.82. The maximum atomic E-state index is 11.9. The molecule has 0 aliphatic heterocycles. The molecule has 0 unspecified atom stereocenters. The topological polar surface area (TPSA) is 68.5 Å². The van der Waals surface area contributed by atoms with Crippen molar-refractivity contribution >= 4 is 17.5 Å². The fourth-order valence-corrected chi connectivity index (χ4v) is 2.39. The first kappa shape index (κ1) is 14.6. The normalized spacial score (nSPS) is 14.7. The summed E-state index contributed by atoms with van der Waals surface area (Å²) in [4.78, 5) is 18.4. The molecule has 1 aromatic heterocycles. The Bertz CT molecular complexity index is 472. The molecule has 5 heteroatoms. The number of pyridine rings is 1. The van der Waals surface area contributed by atoms with Crippen molar-refractivity contribution in [3.63, 3.8) is 0 Å². The number of hydrogen-bond donors (Lipinski definition) is 1. The minimum absolute atomic E-state index is 0.343. The second kappa shape index (κ2) is 6.59. The molecule has 2 N–H and O–H groups in total. The first-order valence-corrected chi connectivity index (χ1v) is 7.33. The number of nitrogen functional groups attached to an aromatic ring is 1. The van der Waals surface area contributed by atoms with E-state index >= 15 is 0 Å². The molecule has 0 bridgehead atoms. The molecule has 20 heavy (non-hydrogen) atoms. The van der Waals surface area contributed by atoms with E-state index in [0.717, 1.165) is 24.8 Å². The summed E-state index contributed by atoms with van der Waals surface area (Å²) in [5.74, 6) is 1.17. The third-order valence-electron chi connectivity index (χ3n) is 3.82.